The van der Waals surface area contributed by atoms with Gasteiger partial charge in [-0.15, -0.1) is 0 Å². The molecule has 78 valence electrons. The van der Waals surface area contributed by atoms with Crippen molar-refractivity contribution in [3.8, 4) is 0 Å². The second kappa shape index (κ2) is 3.20. The zero-order valence-electron chi connectivity index (χ0n) is 8.23. The second-order valence-electron chi connectivity index (χ2n) is 3.87. The summed E-state index contributed by atoms with van der Waals surface area (Å²) in [5, 5.41) is 6.11. The van der Waals surface area contributed by atoms with Crippen molar-refractivity contribution in [3.05, 3.63) is 34.4 Å². The van der Waals surface area contributed by atoms with E-state index in [0.29, 0.717) is 11.6 Å². The number of hydrogen-bond donors (Lipinski definition) is 2. The van der Waals surface area contributed by atoms with E-state index in [1.807, 2.05) is 6.07 Å². The summed E-state index contributed by atoms with van der Waals surface area (Å²) in [5.74, 6) is 0.387. The Morgan fingerprint density at radius 2 is 2.47 bits per heavy atom. The Morgan fingerprint density at radius 3 is 3.27 bits per heavy atom. The molecular formula is C10H12N4O. The van der Waals surface area contributed by atoms with Gasteiger partial charge in [0.2, 0.25) is 0 Å². The lowest BCUT2D eigenvalue weighted by atomic mass is 10.1. The van der Waals surface area contributed by atoms with Gasteiger partial charge < -0.3 is 5.32 Å². The summed E-state index contributed by atoms with van der Waals surface area (Å²) in [6, 6.07) is 3.44. The fourth-order valence-electron chi connectivity index (χ4n) is 2.06. The molecule has 0 saturated carbocycles. The maximum Gasteiger partial charge on any atom is 0.272 e. The third kappa shape index (κ3) is 1.35. The minimum absolute atomic E-state index is 0.0353. The minimum Gasteiger partial charge on any atom is -0.316 e. The Hall–Kier alpha value is -1.62. The van der Waals surface area contributed by atoms with E-state index >= 15 is 0 Å². The van der Waals surface area contributed by atoms with Crippen molar-refractivity contribution in [2.45, 2.75) is 12.3 Å². The Bertz CT molecular complexity index is 536. The lowest BCUT2D eigenvalue weighted by Gasteiger charge is -2.06. The molecule has 2 aromatic heterocycles. The summed E-state index contributed by atoms with van der Waals surface area (Å²) in [7, 11) is 0. The highest BCUT2D eigenvalue weighted by Gasteiger charge is 2.19. The van der Waals surface area contributed by atoms with E-state index < -0.39 is 0 Å². The van der Waals surface area contributed by atoms with Gasteiger partial charge in [0.05, 0.1) is 5.69 Å². The van der Waals surface area contributed by atoms with Gasteiger partial charge in [-0.25, -0.2) is 9.50 Å². The van der Waals surface area contributed by atoms with Crippen molar-refractivity contribution in [3.63, 3.8) is 0 Å². The predicted octanol–water partition coefficient (Wildman–Crippen LogP) is 0.0995. The van der Waals surface area contributed by atoms with Crippen LogP contribution in [0.5, 0.6) is 0 Å². The number of rotatable bonds is 1. The molecule has 0 aromatic carbocycles. The third-order valence-electron chi connectivity index (χ3n) is 2.88. The van der Waals surface area contributed by atoms with Crippen LogP contribution in [0.2, 0.25) is 0 Å². The summed E-state index contributed by atoms with van der Waals surface area (Å²) in [6.07, 6.45) is 2.79. The Morgan fingerprint density at radius 1 is 1.53 bits per heavy atom. The van der Waals surface area contributed by atoms with Crippen LogP contribution in [-0.4, -0.2) is 27.7 Å². The topological polar surface area (TPSA) is 62.2 Å². The number of aromatic amines is 1. The molecule has 5 nitrogen and oxygen atoms in total. The zero-order valence-corrected chi connectivity index (χ0v) is 8.23. The summed E-state index contributed by atoms with van der Waals surface area (Å²) in [4.78, 5) is 16.2. The fraction of sp³-hybridized carbons (Fsp3) is 0.400. The highest BCUT2D eigenvalue weighted by molar-refractivity contribution is 5.37. The molecule has 1 saturated heterocycles. The number of nitrogens with one attached hydrogen (secondary N) is 2. The smallest absolute Gasteiger partial charge is 0.272 e. The lowest BCUT2D eigenvalue weighted by Crippen LogP contribution is -2.17. The molecule has 15 heavy (non-hydrogen) atoms. The summed E-state index contributed by atoms with van der Waals surface area (Å²) in [5.41, 5.74) is 1.57. The molecule has 1 unspecified atom stereocenters. The van der Waals surface area contributed by atoms with Crippen molar-refractivity contribution in [1.29, 1.82) is 0 Å². The molecule has 2 N–H and O–H groups in total. The lowest BCUT2D eigenvalue weighted by molar-refractivity contribution is 0.726. The van der Waals surface area contributed by atoms with Gasteiger partial charge in [0, 0.05) is 30.8 Å². The number of nitrogens with zero attached hydrogens (tertiary/aromatic N) is 2. The van der Waals surface area contributed by atoms with Gasteiger partial charge in [0.25, 0.3) is 5.56 Å². The molecule has 0 spiro atoms. The number of fused-ring (bicyclic) bond motifs is 1. The molecule has 0 amide bonds. The monoisotopic (exact) mass is 204 g/mol. The first-order valence-corrected chi connectivity index (χ1v) is 5.12. The van der Waals surface area contributed by atoms with Crippen molar-refractivity contribution in [2.24, 2.45) is 0 Å². The van der Waals surface area contributed by atoms with E-state index in [0.717, 1.165) is 25.2 Å². The normalized spacial score (nSPS) is 21.2. The van der Waals surface area contributed by atoms with Gasteiger partial charge in [-0.05, 0) is 13.0 Å². The first kappa shape index (κ1) is 8.67. The van der Waals surface area contributed by atoms with E-state index in [2.05, 4.69) is 15.4 Å². The van der Waals surface area contributed by atoms with Gasteiger partial charge in [0.15, 0.2) is 5.65 Å². The second-order valence-corrected chi connectivity index (χ2v) is 3.87. The van der Waals surface area contributed by atoms with E-state index in [1.54, 1.807) is 12.3 Å². The van der Waals surface area contributed by atoms with Crippen LogP contribution in [0.4, 0.5) is 0 Å². The molecule has 5 heteroatoms. The van der Waals surface area contributed by atoms with E-state index in [-0.39, 0.29) is 5.56 Å². The molecule has 3 heterocycles. The van der Waals surface area contributed by atoms with Crippen molar-refractivity contribution < 1.29 is 0 Å². The quantitative estimate of drug-likeness (QED) is 0.692. The van der Waals surface area contributed by atoms with E-state index in [1.165, 1.54) is 4.52 Å². The number of hydrogen-bond acceptors (Lipinski definition) is 3. The minimum atomic E-state index is -0.0353. The highest BCUT2D eigenvalue weighted by atomic mass is 16.1. The van der Waals surface area contributed by atoms with Crippen LogP contribution in [-0.2, 0) is 0 Å². The Labute approximate surface area is 86.1 Å². The number of H-pyrrole nitrogens is 1. The first-order valence-electron chi connectivity index (χ1n) is 5.12. The molecule has 1 fully saturated rings. The maximum atomic E-state index is 11.7. The van der Waals surface area contributed by atoms with Gasteiger partial charge >= 0.3 is 0 Å². The van der Waals surface area contributed by atoms with Crippen LogP contribution in [0, 0.1) is 0 Å². The van der Waals surface area contributed by atoms with Crippen molar-refractivity contribution in [2.75, 3.05) is 13.1 Å². The van der Waals surface area contributed by atoms with Gasteiger partial charge in [-0.2, -0.15) is 0 Å². The summed E-state index contributed by atoms with van der Waals surface area (Å²) < 4.78 is 1.45. The predicted molar refractivity (Wildman–Crippen MR) is 56.0 cm³/mol. The van der Waals surface area contributed by atoms with Gasteiger partial charge in [-0.3, -0.25) is 9.89 Å². The van der Waals surface area contributed by atoms with Gasteiger partial charge in [-0.1, -0.05) is 0 Å². The molecule has 0 radical (unpaired) electrons. The first-order chi connectivity index (χ1) is 7.34. The highest BCUT2D eigenvalue weighted by Crippen LogP contribution is 2.19. The Balaban J connectivity index is 2.15. The molecular weight excluding hydrogens is 192 g/mol. The van der Waals surface area contributed by atoms with Crippen LogP contribution in [0.25, 0.3) is 5.65 Å². The average Bonchev–Trinajstić information content (AvgIpc) is 2.88. The standard InChI is InChI=1S/C10H12N4O/c15-10-5-8(7-1-3-11-6-7)13-9-2-4-12-14(9)10/h2,4-5,7,11-12H,1,3,6H2. The third-order valence-corrected chi connectivity index (χ3v) is 2.88. The van der Waals surface area contributed by atoms with Crippen LogP contribution in [0.3, 0.4) is 0 Å². The summed E-state index contributed by atoms with van der Waals surface area (Å²) in [6.45, 7) is 1.94. The van der Waals surface area contributed by atoms with E-state index in [4.69, 9.17) is 0 Å². The molecule has 1 aliphatic rings. The SMILES string of the molecule is O=c1cc(C2CCNC2)nc2cc[nH]n12. The van der Waals surface area contributed by atoms with Crippen LogP contribution < -0.4 is 10.9 Å². The average molecular weight is 204 g/mol. The van der Waals surface area contributed by atoms with E-state index in [9.17, 15) is 4.79 Å². The van der Waals surface area contributed by atoms with Gasteiger partial charge in [0.1, 0.15) is 0 Å². The number of aromatic nitrogens is 3. The van der Waals surface area contributed by atoms with Crippen LogP contribution >= 0.6 is 0 Å². The van der Waals surface area contributed by atoms with Crippen LogP contribution in [0.1, 0.15) is 18.0 Å². The molecule has 1 aliphatic heterocycles. The fourth-order valence-corrected chi connectivity index (χ4v) is 2.06. The largest absolute Gasteiger partial charge is 0.316 e. The molecule has 0 bridgehead atoms. The van der Waals surface area contributed by atoms with Crippen molar-refractivity contribution >= 4 is 5.65 Å². The summed E-state index contributed by atoms with van der Waals surface area (Å²) >= 11 is 0. The Kier molecular flexibility index (Phi) is 1.85. The molecule has 0 aliphatic carbocycles. The zero-order chi connectivity index (χ0) is 10.3. The maximum absolute atomic E-state index is 11.7. The molecule has 2 aromatic rings. The molecule has 3 rings (SSSR count). The van der Waals surface area contributed by atoms with Crippen molar-refractivity contribution in [1.82, 2.24) is 19.9 Å². The van der Waals surface area contributed by atoms with Crippen LogP contribution in [0.15, 0.2) is 23.1 Å². The molecule has 1 atom stereocenters.